The van der Waals surface area contributed by atoms with Crippen LogP contribution in [0.25, 0.3) is 0 Å². The topological polar surface area (TPSA) is 47.6 Å². The summed E-state index contributed by atoms with van der Waals surface area (Å²) in [6.45, 7) is 7.15. The predicted octanol–water partition coefficient (Wildman–Crippen LogP) is 1.88. The first-order valence-corrected chi connectivity index (χ1v) is 6.72. The molecule has 0 heterocycles. The van der Waals surface area contributed by atoms with Crippen molar-refractivity contribution in [2.24, 2.45) is 0 Å². The second-order valence-electron chi connectivity index (χ2n) is 4.56. The summed E-state index contributed by atoms with van der Waals surface area (Å²) in [5.41, 5.74) is 0. The van der Waals surface area contributed by atoms with Crippen LogP contribution in [0.5, 0.6) is 0 Å². The number of carbonyl (C=O) groups excluding carboxylic acids is 1. The minimum absolute atomic E-state index is 0.212. The van der Waals surface area contributed by atoms with E-state index in [1.165, 1.54) is 0 Å². The number of rotatable bonds is 6. The second-order valence-corrected chi connectivity index (χ2v) is 4.56. The predicted molar refractivity (Wildman–Crippen MR) is 66.9 cm³/mol. The van der Waals surface area contributed by atoms with Crippen LogP contribution in [-0.2, 0) is 14.3 Å². The van der Waals surface area contributed by atoms with Crippen molar-refractivity contribution in [1.82, 2.24) is 5.32 Å². The van der Waals surface area contributed by atoms with Gasteiger partial charge in [0.25, 0.3) is 0 Å². The van der Waals surface area contributed by atoms with Crippen molar-refractivity contribution in [3.8, 4) is 0 Å². The third kappa shape index (κ3) is 5.04. The standard InChI is InChI=1S/C13H25NO3/c1-4-14-11-6-8-12(9-7-11)17-10(3)13(15)16-5-2/h10-12,14H,4-9H2,1-3H3. The zero-order valence-corrected chi connectivity index (χ0v) is 11.2. The molecule has 0 aromatic carbocycles. The third-order valence-corrected chi connectivity index (χ3v) is 3.18. The number of nitrogens with one attached hydrogen (secondary N) is 1. The molecule has 1 aliphatic rings. The van der Waals surface area contributed by atoms with Crippen LogP contribution in [0.3, 0.4) is 0 Å². The summed E-state index contributed by atoms with van der Waals surface area (Å²) in [4.78, 5) is 11.4. The molecular weight excluding hydrogens is 218 g/mol. The lowest BCUT2D eigenvalue weighted by molar-refractivity contribution is -0.160. The van der Waals surface area contributed by atoms with Crippen LogP contribution < -0.4 is 5.32 Å². The maximum Gasteiger partial charge on any atom is 0.334 e. The fourth-order valence-electron chi connectivity index (χ4n) is 2.30. The summed E-state index contributed by atoms with van der Waals surface area (Å²) in [5, 5.41) is 3.45. The van der Waals surface area contributed by atoms with E-state index in [9.17, 15) is 4.79 Å². The minimum Gasteiger partial charge on any atom is -0.464 e. The van der Waals surface area contributed by atoms with E-state index in [0.717, 1.165) is 32.2 Å². The molecule has 0 aromatic rings. The molecule has 0 aromatic heterocycles. The van der Waals surface area contributed by atoms with Crippen LogP contribution in [0.15, 0.2) is 0 Å². The first-order chi connectivity index (χ1) is 8.17. The van der Waals surface area contributed by atoms with Gasteiger partial charge in [0, 0.05) is 6.04 Å². The zero-order valence-electron chi connectivity index (χ0n) is 11.2. The molecule has 0 aliphatic heterocycles. The van der Waals surface area contributed by atoms with E-state index in [2.05, 4.69) is 12.2 Å². The molecule has 1 aliphatic carbocycles. The molecular formula is C13H25NO3. The van der Waals surface area contributed by atoms with Gasteiger partial charge in [0.1, 0.15) is 0 Å². The van der Waals surface area contributed by atoms with E-state index in [-0.39, 0.29) is 12.1 Å². The molecule has 1 N–H and O–H groups in total. The smallest absolute Gasteiger partial charge is 0.334 e. The van der Waals surface area contributed by atoms with Crippen molar-refractivity contribution in [3.63, 3.8) is 0 Å². The zero-order chi connectivity index (χ0) is 12.7. The normalized spacial score (nSPS) is 26.5. The van der Waals surface area contributed by atoms with Crippen molar-refractivity contribution >= 4 is 5.97 Å². The van der Waals surface area contributed by atoms with E-state index in [1.54, 1.807) is 6.92 Å². The number of esters is 1. The molecule has 1 saturated carbocycles. The Hall–Kier alpha value is -0.610. The van der Waals surface area contributed by atoms with Gasteiger partial charge >= 0.3 is 5.97 Å². The van der Waals surface area contributed by atoms with Gasteiger partial charge in [-0.3, -0.25) is 0 Å². The largest absolute Gasteiger partial charge is 0.464 e. The highest BCUT2D eigenvalue weighted by molar-refractivity contribution is 5.74. The minimum atomic E-state index is -0.435. The fraction of sp³-hybridized carbons (Fsp3) is 0.923. The van der Waals surface area contributed by atoms with Crippen molar-refractivity contribution in [2.75, 3.05) is 13.2 Å². The monoisotopic (exact) mass is 243 g/mol. The lowest BCUT2D eigenvalue weighted by atomic mass is 9.93. The Morgan fingerprint density at radius 2 is 1.94 bits per heavy atom. The van der Waals surface area contributed by atoms with Crippen LogP contribution in [0.2, 0.25) is 0 Å². The van der Waals surface area contributed by atoms with Gasteiger partial charge in [0.15, 0.2) is 6.10 Å². The third-order valence-electron chi connectivity index (χ3n) is 3.18. The first-order valence-electron chi connectivity index (χ1n) is 6.72. The molecule has 1 unspecified atom stereocenters. The molecule has 1 rings (SSSR count). The maximum atomic E-state index is 11.4. The van der Waals surface area contributed by atoms with E-state index in [4.69, 9.17) is 9.47 Å². The van der Waals surface area contributed by atoms with E-state index in [1.807, 2.05) is 6.92 Å². The lowest BCUT2D eigenvalue weighted by Gasteiger charge is -2.30. The highest BCUT2D eigenvalue weighted by Crippen LogP contribution is 2.22. The fourth-order valence-corrected chi connectivity index (χ4v) is 2.30. The quantitative estimate of drug-likeness (QED) is 0.724. The Morgan fingerprint density at radius 3 is 2.47 bits per heavy atom. The van der Waals surface area contributed by atoms with E-state index >= 15 is 0 Å². The van der Waals surface area contributed by atoms with Gasteiger partial charge in [-0.2, -0.15) is 0 Å². The molecule has 0 radical (unpaired) electrons. The van der Waals surface area contributed by atoms with Crippen LogP contribution in [0.4, 0.5) is 0 Å². The molecule has 4 heteroatoms. The van der Waals surface area contributed by atoms with E-state index < -0.39 is 6.10 Å². The molecule has 0 amide bonds. The van der Waals surface area contributed by atoms with Crippen LogP contribution in [-0.4, -0.2) is 37.4 Å². The maximum absolute atomic E-state index is 11.4. The van der Waals surface area contributed by atoms with Gasteiger partial charge in [0.05, 0.1) is 12.7 Å². The van der Waals surface area contributed by atoms with Gasteiger partial charge in [-0.05, 0) is 46.1 Å². The Morgan fingerprint density at radius 1 is 1.29 bits per heavy atom. The van der Waals surface area contributed by atoms with Crippen molar-refractivity contribution in [3.05, 3.63) is 0 Å². The number of hydrogen-bond donors (Lipinski definition) is 1. The number of carbonyl (C=O) groups is 1. The summed E-state index contributed by atoms with van der Waals surface area (Å²) in [6.07, 6.45) is 4.10. The van der Waals surface area contributed by atoms with Crippen LogP contribution >= 0.6 is 0 Å². The van der Waals surface area contributed by atoms with Crippen molar-refractivity contribution in [1.29, 1.82) is 0 Å². The summed E-state index contributed by atoms with van der Waals surface area (Å²) in [5.74, 6) is -0.249. The van der Waals surface area contributed by atoms with E-state index in [0.29, 0.717) is 12.6 Å². The molecule has 100 valence electrons. The molecule has 0 saturated heterocycles. The number of hydrogen-bond acceptors (Lipinski definition) is 4. The molecule has 4 nitrogen and oxygen atoms in total. The van der Waals surface area contributed by atoms with Crippen molar-refractivity contribution in [2.45, 2.75) is 64.7 Å². The van der Waals surface area contributed by atoms with Crippen LogP contribution in [0, 0.1) is 0 Å². The second kappa shape index (κ2) is 7.67. The Bertz CT molecular complexity index is 225. The highest BCUT2D eigenvalue weighted by Gasteiger charge is 2.25. The Balaban J connectivity index is 2.23. The molecule has 0 bridgehead atoms. The van der Waals surface area contributed by atoms with Gasteiger partial charge in [0.2, 0.25) is 0 Å². The average Bonchev–Trinajstić information content (AvgIpc) is 2.32. The number of ether oxygens (including phenoxy) is 2. The lowest BCUT2D eigenvalue weighted by Crippen LogP contribution is -2.37. The molecule has 1 fully saturated rings. The van der Waals surface area contributed by atoms with Gasteiger partial charge in [-0.25, -0.2) is 4.79 Å². The summed E-state index contributed by atoms with van der Waals surface area (Å²) >= 11 is 0. The van der Waals surface area contributed by atoms with Crippen LogP contribution in [0.1, 0.15) is 46.5 Å². The molecule has 1 atom stereocenters. The first kappa shape index (κ1) is 14.5. The summed E-state index contributed by atoms with van der Waals surface area (Å²) < 4.78 is 10.7. The van der Waals surface area contributed by atoms with Gasteiger partial charge in [-0.15, -0.1) is 0 Å². The summed E-state index contributed by atoms with van der Waals surface area (Å²) in [6, 6.07) is 0.623. The summed E-state index contributed by atoms with van der Waals surface area (Å²) in [7, 11) is 0. The SMILES string of the molecule is CCNC1CCC(OC(C)C(=O)OCC)CC1. The Kier molecular flexibility index (Phi) is 6.52. The average molecular weight is 243 g/mol. The van der Waals surface area contributed by atoms with Crippen molar-refractivity contribution < 1.29 is 14.3 Å². The Labute approximate surface area is 104 Å². The van der Waals surface area contributed by atoms with Gasteiger partial charge < -0.3 is 14.8 Å². The van der Waals surface area contributed by atoms with Gasteiger partial charge in [-0.1, -0.05) is 6.92 Å². The highest BCUT2D eigenvalue weighted by atomic mass is 16.6. The molecule has 0 spiro atoms. The molecule has 17 heavy (non-hydrogen) atoms.